The molecular formula is C33H31N5O2S. The standard InChI is InChI=1S/C33H31N5O2S/c1-21-8-7-19-35-32(21)37-22(2)20-28(23(37)3)31-30(29-9-5-6-18-34-29)36-33(41)38(31)24-10-12-26(13-11-24)40-27-16-14-25(39-4)15-17-27/h5-20,30-31H,1-4H3,(H,36,41)/t30-,31+/m1/s1. The quantitative estimate of drug-likeness (QED) is 0.211. The molecule has 0 aliphatic carbocycles. The van der Waals surface area contributed by atoms with Crippen LogP contribution in [0.5, 0.6) is 17.2 Å². The van der Waals surface area contributed by atoms with Crippen molar-refractivity contribution in [1.29, 1.82) is 0 Å². The predicted octanol–water partition coefficient (Wildman–Crippen LogP) is 7.17. The Morgan fingerprint density at radius 2 is 1.49 bits per heavy atom. The molecule has 0 amide bonds. The molecule has 0 unspecified atom stereocenters. The fourth-order valence-corrected chi connectivity index (χ4v) is 5.87. The molecule has 2 atom stereocenters. The van der Waals surface area contributed by atoms with E-state index in [1.165, 1.54) is 0 Å². The summed E-state index contributed by atoms with van der Waals surface area (Å²) < 4.78 is 13.6. The molecule has 206 valence electrons. The summed E-state index contributed by atoms with van der Waals surface area (Å²) in [5.41, 5.74) is 6.40. The van der Waals surface area contributed by atoms with Crippen LogP contribution in [0.25, 0.3) is 5.82 Å². The predicted molar refractivity (Wildman–Crippen MR) is 165 cm³/mol. The Kier molecular flexibility index (Phi) is 7.15. The number of aromatic nitrogens is 3. The summed E-state index contributed by atoms with van der Waals surface area (Å²) in [6.45, 7) is 6.36. The van der Waals surface area contributed by atoms with Gasteiger partial charge < -0.3 is 24.3 Å². The number of methoxy groups -OCH3 is 1. The number of anilines is 1. The Morgan fingerprint density at radius 3 is 2.15 bits per heavy atom. The maximum atomic E-state index is 6.08. The number of nitrogens with one attached hydrogen (secondary N) is 1. The zero-order chi connectivity index (χ0) is 28.5. The normalized spacial score (nSPS) is 16.5. The zero-order valence-electron chi connectivity index (χ0n) is 23.4. The first-order valence-corrected chi connectivity index (χ1v) is 13.9. The highest BCUT2D eigenvalue weighted by Gasteiger charge is 2.42. The molecule has 1 saturated heterocycles. The van der Waals surface area contributed by atoms with Crippen LogP contribution in [0.3, 0.4) is 0 Å². The lowest BCUT2D eigenvalue weighted by atomic mass is 9.96. The Bertz CT molecular complexity index is 1680. The highest BCUT2D eigenvalue weighted by molar-refractivity contribution is 7.80. The molecule has 4 heterocycles. The summed E-state index contributed by atoms with van der Waals surface area (Å²) in [5, 5.41) is 4.21. The van der Waals surface area contributed by atoms with Gasteiger partial charge in [-0.2, -0.15) is 0 Å². The van der Waals surface area contributed by atoms with E-state index in [1.807, 2.05) is 85.2 Å². The number of thiocarbonyl (C=S) groups is 1. The van der Waals surface area contributed by atoms with E-state index in [0.717, 1.165) is 57.0 Å². The van der Waals surface area contributed by atoms with Crippen LogP contribution >= 0.6 is 12.2 Å². The fraction of sp³-hybridized carbons (Fsp3) is 0.182. The fourth-order valence-electron chi connectivity index (χ4n) is 5.53. The molecule has 1 N–H and O–H groups in total. The monoisotopic (exact) mass is 561 g/mol. The molecule has 0 radical (unpaired) electrons. The van der Waals surface area contributed by atoms with Crippen LogP contribution in [0.4, 0.5) is 5.69 Å². The van der Waals surface area contributed by atoms with Gasteiger partial charge in [-0.05, 0) is 117 Å². The third kappa shape index (κ3) is 5.02. The van der Waals surface area contributed by atoms with E-state index in [0.29, 0.717) is 5.11 Å². The summed E-state index contributed by atoms with van der Waals surface area (Å²) in [6.07, 6.45) is 3.66. The molecule has 8 heteroatoms. The van der Waals surface area contributed by atoms with Gasteiger partial charge in [-0.15, -0.1) is 0 Å². The number of pyridine rings is 2. The molecule has 6 rings (SSSR count). The van der Waals surface area contributed by atoms with E-state index in [9.17, 15) is 0 Å². The van der Waals surface area contributed by atoms with E-state index in [1.54, 1.807) is 7.11 Å². The summed E-state index contributed by atoms with van der Waals surface area (Å²) in [7, 11) is 1.65. The molecule has 5 aromatic rings. The van der Waals surface area contributed by atoms with Gasteiger partial charge in [-0.25, -0.2) is 4.98 Å². The van der Waals surface area contributed by atoms with Crippen molar-refractivity contribution >= 4 is 23.0 Å². The topological polar surface area (TPSA) is 64.4 Å². The largest absolute Gasteiger partial charge is 0.497 e. The molecule has 1 fully saturated rings. The maximum absolute atomic E-state index is 6.08. The smallest absolute Gasteiger partial charge is 0.174 e. The SMILES string of the molecule is COc1ccc(Oc2ccc(N3C(=S)N[C@H](c4ccccn4)[C@@H]3c3cc(C)n(-c4ncccc4C)c3C)cc2)cc1. The van der Waals surface area contributed by atoms with E-state index >= 15 is 0 Å². The van der Waals surface area contributed by atoms with Gasteiger partial charge in [0.15, 0.2) is 5.11 Å². The van der Waals surface area contributed by atoms with Crippen molar-refractivity contribution in [1.82, 2.24) is 19.9 Å². The van der Waals surface area contributed by atoms with Crippen molar-refractivity contribution in [2.24, 2.45) is 0 Å². The third-order valence-corrected chi connectivity index (χ3v) is 7.81. The van der Waals surface area contributed by atoms with Gasteiger partial charge in [0.25, 0.3) is 0 Å². The molecule has 7 nitrogen and oxygen atoms in total. The second-order valence-electron chi connectivity index (χ2n) is 10.1. The number of aryl methyl sites for hydroxylation is 2. The Morgan fingerprint density at radius 1 is 0.805 bits per heavy atom. The van der Waals surface area contributed by atoms with Crippen molar-refractivity contribution in [3.05, 3.63) is 126 Å². The van der Waals surface area contributed by atoms with Crippen LogP contribution in [0.15, 0.2) is 97.3 Å². The summed E-state index contributed by atoms with van der Waals surface area (Å²) in [4.78, 5) is 11.6. The van der Waals surface area contributed by atoms with Crippen LogP contribution in [-0.4, -0.2) is 26.8 Å². The Hall–Kier alpha value is -4.69. The Balaban J connectivity index is 1.39. The van der Waals surface area contributed by atoms with E-state index in [-0.39, 0.29) is 12.1 Å². The first-order chi connectivity index (χ1) is 19.9. The number of ether oxygens (including phenoxy) is 2. The number of hydrogen-bond donors (Lipinski definition) is 1. The Labute approximate surface area is 245 Å². The molecule has 3 aromatic heterocycles. The number of rotatable bonds is 7. The lowest BCUT2D eigenvalue weighted by Crippen LogP contribution is -2.29. The average molecular weight is 562 g/mol. The van der Waals surface area contributed by atoms with Gasteiger partial charge in [0, 0.05) is 29.5 Å². The minimum absolute atomic E-state index is 0.130. The van der Waals surface area contributed by atoms with Crippen LogP contribution in [-0.2, 0) is 0 Å². The summed E-state index contributed by atoms with van der Waals surface area (Å²) in [6, 6.07) is 27.6. The molecule has 1 aliphatic rings. The van der Waals surface area contributed by atoms with Crippen molar-refractivity contribution in [2.75, 3.05) is 12.0 Å². The van der Waals surface area contributed by atoms with Crippen LogP contribution in [0, 0.1) is 20.8 Å². The lowest BCUT2D eigenvalue weighted by molar-refractivity contribution is 0.413. The van der Waals surface area contributed by atoms with E-state index in [4.69, 9.17) is 31.7 Å². The van der Waals surface area contributed by atoms with Gasteiger partial charge in [-0.3, -0.25) is 4.98 Å². The van der Waals surface area contributed by atoms with Gasteiger partial charge in [0.2, 0.25) is 0 Å². The number of benzene rings is 2. The third-order valence-electron chi connectivity index (χ3n) is 7.49. The average Bonchev–Trinajstić information content (AvgIpc) is 3.49. The van der Waals surface area contributed by atoms with E-state index in [2.05, 4.69) is 47.7 Å². The van der Waals surface area contributed by atoms with Crippen molar-refractivity contribution in [2.45, 2.75) is 32.9 Å². The lowest BCUT2D eigenvalue weighted by Gasteiger charge is -2.28. The van der Waals surface area contributed by atoms with Gasteiger partial charge in [0.05, 0.1) is 24.9 Å². The minimum atomic E-state index is -0.141. The molecule has 0 saturated carbocycles. The minimum Gasteiger partial charge on any atom is -0.497 e. The zero-order valence-corrected chi connectivity index (χ0v) is 24.2. The highest BCUT2D eigenvalue weighted by atomic mass is 32.1. The molecular weight excluding hydrogens is 530 g/mol. The summed E-state index contributed by atoms with van der Waals surface area (Å²) >= 11 is 5.96. The van der Waals surface area contributed by atoms with Crippen LogP contribution < -0.4 is 19.7 Å². The highest BCUT2D eigenvalue weighted by Crippen LogP contribution is 2.44. The first kappa shape index (κ1) is 26.5. The molecule has 0 spiro atoms. The van der Waals surface area contributed by atoms with Gasteiger partial charge in [-0.1, -0.05) is 12.1 Å². The van der Waals surface area contributed by atoms with Crippen molar-refractivity contribution in [3.8, 4) is 23.1 Å². The van der Waals surface area contributed by atoms with Gasteiger partial charge >= 0.3 is 0 Å². The maximum Gasteiger partial charge on any atom is 0.174 e. The second kappa shape index (κ2) is 11.1. The van der Waals surface area contributed by atoms with Crippen LogP contribution in [0.1, 0.15) is 40.3 Å². The second-order valence-corrected chi connectivity index (χ2v) is 10.5. The summed E-state index contributed by atoms with van der Waals surface area (Å²) in [5.74, 6) is 3.19. The molecule has 0 bridgehead atoms. The number of hydrogen-bond acceptors (Lipinski definition) is 5. The number of nitrogens with zero attached hydrogens (tertiary/aromatic N) is 4. The first-order valence-electron chi connectivity index (χ1n) is 13.5. The van der Waals surface area contributed by atoms with Gasteiger partial charge in [0.1, 0.15) is 23.1 Å². The van der Waals surface area contributed by atoms with Crippen LogP contribution in [0.2, 0.25) is 0 Å². The van der Waals surface area contributed by atoms with E-state index < -0.39 is 0 Å². The van der Waals surface area contributed by atoms with Crippen molar-refractivity contribution < 1.29 is 9.47 Å². The molecule has 2 aromatic carbocycles. The molecule has 41 heavy (non-hydrogen) atoms. The molecule has 1 aliphatic heterocycles. The van der Waals surface area contributed by atoms with Crippen molar-refractivity contribution in [3.63, 3.8) is 0 Å².